The van der Waals surface area contributed by atoms with Crippen LogP contribution in [0.1, 0.15) is 5.82 Å². The zero-order valence-corrected chi connectivity index (χ0v) is 13.5. The zero-order valence-electron chi connectivity index (χ0n) is 12.7. The molecule has 0 aliphatic rings. The van der Waals surface area contributed by atoms with Gasteiger partial charge in [0.1, 0.15) is 23.5 Å². The van der Waals surface area contributed by atoms with Crippen molar-refractivity contribution < 1.29 is 4.42 Å². The van der Waals surface area contributed by atoms with Gasteiger partial charge in [0.2, 0.25) is 11.4 Å². The summed E-state index contributed by atoms with van der Waals surface area (Å²) in [6.07, 6.45) is 0. The Balaban J connectivity index is 1.57. The molecule has 122 valence electrons. The van der Waals surface area contributed by atoms with Gasteiger partial charge in [-0.25, -0.2) is 4.98 Å². The third kappa shape index (κ3) is 2.32. The summed E-state index contributed by atoms with van der Waals surface area (Å²) in [6, 6.07) is 9.34. The van der Waals surface area contributed by atoms with E-state index in [2.05, 4.69) is 25.4 Å². The van der Waals surface area contributed by atoms with Crippen molar-refractivity contribution in [3.05, 3.63) is 57.3 Å². The number of fused-ring (bicyclic) bond motifs is 3. The first-order valence-electron chi connectivity index (χ1n) is 7.49. The molecule has 9 heteroatoms. The number of hydrogen-bond donors (Lipinski definition) is 1. The maximum absolute atomic E-state index is 12.3. The number of H-pyrrole nitrogens is 1. The highest BCUT2D eigenvalue weighted by Gasteiger charge is 2.14. The van der Waals surface area contributed by atoms with Gasteiger partial charge in [-0.3, -0.25) is 4.79 Å². The predicted molar refractivity (Wildman–Crippen MR) is 92.4 cm³/mol. The lowest BCUT2D eigenvalue weighted by molar-refractivity contribution is 0.553. The molecule has 0 unspecified atom stereocenters. The summed E-state index contributed by atoms with van der Waals surface area (Å²) in [4.78, 5) is 20.9. The second-order valence-corrected chi connectivity index (χ2v) is 6.22. The number of aromatic amines is 1. The lowest BCUT2D eigenvalue weighted by Gasteiger charge is -1.99. The molecule has 1 N–H and O–H groups in total. The molecular weight excluding hydrogens is 340 g/mol. The molecule has 25 heavy (non-hydrogen) atoms. The molecule has 8 nitrogen and oxygen atoms in total. The lowest BCUT2D eigenvalue weighted by atomic mass is 10.2. The van der Waals surface area contributed by atoms with E-state index in [-0.39, 0.29) is 17.7 Å². The average Bonchev–Trinajstić information content (AvgIpc) is 3.34. The van der Waals surface area contributed by atoms with Gasteiger partial charge < -0.3 is 9.40 Å². The van der Waals surface area contributed by atoms with Gasteiger partial charge in [0.25, 0.3) is 5.56 Å². The fraction of sp³-hybridized carbons (Fsp3) is 0.0625. The summed E-state index contributed by atoms with van der Waals surface area (Å²) in [5.41, 5.74) is 1.97. The number of tetrazole rings is 1. The first kappa shape index (κ1) is 14.1. The van der Waals surface area contributed by atoms with Crippen molar-refractivity contribution >= 4 is 33.4 Å². The minimum absolute atomic E-state index is 0.210. The molecule has 0 fully saturated rings. The van der Waals surface area contributed by atoms with Crippen LogP contribution in [0.2, 0.25) is 0 Å². The van der Waals surface area contributed by atoms with E-state index in [1.165, 1.54) is 4.80 Å². The van der Waals surface area contributed by atoms with Crippen LogP contribution in [0.5, 0.6) is 0 Å². The highest BCUT2D eigenvalue weighted by atomic mass is 32.1. The van der Waals surface area contributed by atoms with Crippen molar-refractivity contribution in [1.82, 2.24) is 30.2 Å². The van der Waals surface area contributed by atoms with E-state index in [0.29, 0.717) is 22.7 Å². The van der Waals surface area contributed by atoms with E-state index >= 15 is 0 Å². The number of hydrogen-bond acceptors (Lipinski definition) is 7. The van der Waals surface area contributed by atoms with Gasteiger partial charge in [0, 0.05) is 16.3 Å². The first-order chi connectivity index (χ1) is 12.3. The maximum Gasteiger partial charge on any atom is 0.294 e. The number of furan rings is 1. The Morgan fingerprint density at radius 3 is 3.04 bits per heavy atom. The molecule has 0 aliphatic heterocycles. The van der Waals surface area contributed by atoms with Crippen LogP contribution >= 0.6 is 11.3 Å². The van der Waals surface area contributed by atoms with Crippen molar-refractivity contribution in [3.8, 4) is 11.4 Å². The van der Waals surface area contributed by atoms with Gasteiger partial charge in [0.05, 0.1) is 0 Å². The number of para-hydroxylation sites is 1. The molecule has 0 spiro atoms. The predicted octanol–water partition coefficient (Wildman–Crippen LogP) is 2.43. The first-order valence-corrected chi connectivity index (χ1v) is 8.43. The summed E-state index contributed by atoms with van der Waals surface area (Å²) >= 11 is 1.57. The van der Waals surface area contributed by atoms with Gasteiger partial charge in [-0.15, -0.1) is 10.2 Å². The molecular formula is C16H10N6O2S. The Labute approximate surface area is 143 Å². The van der Waals surface area contributed by atoms with Crippen LogP contribution in [0.25, 0.3) is 33.5 Å². The van der Waals surface area contributed by atoms with Gasteiger partial charge in [-0.1, -0.05) is 12.1 Å². The number of aromatic nitrogens is 6. The minimum Gasteiger partial charge on any atom is -0.449 e. The molecule has 0 amide bonds. The lowest BCUT2D eigenvalue weighted by Crippen LogP contribution is -2.15. The smallest absolute Gasteiger partial charge is 0.294 e. The van der Waals surface area contributed by atoms with Crippen LogP contribution in [0.15, 0.2) is 50.3 Å². The minimum atomic E-state index is -0.325. The third-order valence-corrected chi connectivity index (χ3v) is 4.49. The molecule has 0 radical (unpaired) electrons. The number of rotatable bonds is 3. The molecule has 4 aromatic heterocycles. The molecule has 0 aliphatic carbocycles. The maximum atomic E-state index is 12.3. The quantitative estimate of drug-likeness (QED) is 0.536. The Hall–Kier alpha value is -3.33. The monoisotopic (exact) mass is 350 g/mol. The molecule has 4 heterocycles. The van der Waals surface area contributed by atoms with Crippen LogP contribution in [0.4, 0.5) is 0 Å². The Morgan fingerprint density at radius 2 is 2.16 bits per heavy atom. The SMILES string of the molecule is O=c1[nH]c(Cn2nnc(-c3ccsc3)n2)nc2c1oc1ccccc12. The number of benzene rings is 1. The van der Waals surface area contributed by atoms with Crippen LogP contribution in [0.3, 0.4) is 0 Å². The molecule has 0 saturated heterocycles. The number of thiophene rings is 1. The molecule has 5 aromatic rings. The van der Waals surface area contributed by atoms with Crippen LogP contribution in [0, 0.1) is 0 Å². The Morgan fingerprint density at radius 1 is 1.24 bits per heavy atom. The van der Waals surface area contributed by atoms with E-state index in [1.807, 2.05) is 41.1 Å². The highest BCUT2D eigenvalue weighted by molar-refractivity contribution is 7.08. The topological polar surface area (TPSA) is 102 Å². The summed E-state index contributed by atoms with van der Waals surface area (Å²) in [5.74, 6) is 0.983. The van der Waals surface area contributed by atoms with E-state index in [0.717, 1.165) is 10.9 Å². The van der Waals surface area contributed by atoms with Crippen molar-refractivity contribution in [2.24, 2.45) is 0 Å². The van der Waals surface area contributed by atoms with Crippen molar-refractivity contribution in [2.45, 2.75) is 6.54 Å². The van der Waals surface area contributed by atoms with Gasteiger partial charge in [-0.05, 0) is 28.8 Å². The normalized spacial score (nSPS) is 11.5. The van der Waals surface area contributed by atoms with Gasteiger partial charge >= 0.3 is 0 Å². The standard InChI is InChI=1S/C16H10N6O2S/c23-16-14-13(10-3-1-2-4-11(10)24-14)17-12(18-16)7-22-20-15(19-21-22)9-5-6-25-8-9/h1-6,8H,7H2,(H,17,18,23). The second kappa shape index (κ2) is 5.35. The van der Waals surface area contributed by atoms with Crippen LogP contribution in [-0.4, -0.2) is 30.2 Å². The van der Waals surface area contributed by atoms with E-state index < -0.39 is 0 Å². The summed E-state index contributed by atoms with van der Waals surface area (Å²) in [5, 5.41) is 17.1. The third-order valence-electron chi connectivity index (χ3n) is 3.80. The van der Waals surface area contributed by atoms with Crippen LogP contribution < -0.4 is 5.56 Å². The molecule has 0 atom stereocenters. The Kier molecular flexibility index (Phi) is 3.01. The van der Waals surface area contributed by atoms with Crippen molar-refractivity contribution in [1.29, 1.82) is 0 Å². The van der Waals surface area contributed by atoms with E-state index in [9.17, 15) is 4.79 Å². The number of nitrogens with one attached hydrogen (secondary N) is 1. The molecule has 0 bridgehead atoms. The zero-order chi connectivity index (χ0) is 16.8. The number of nitrogens with zero attached hydrogens (tertiary/aromatic N) is 5. The average molecular weight is 350 g/mol. The molecule has 0 saturated carbocycles. The second-order valence-electron chi connectivity index (χ2n) is 5.44. The Bertz CT molecular complexity index is 1250. The molecule has 1 aromatic carbocycles. The van der Waals surface area contributed by atoms with E-state index in [4.69, 9.17) is 4.42 Å². The highest BCUT2D eigenvalue weighted by Crippen LogP contribution is 2.24. The van der Waals surface area contributed by atoms with E-state index in [1.54, 1.807) is 11.3 Å². The fourth-order valence-corrected chi connectivity index (χ4v) is 3.31. The van der Waals surface area contributed by atoms with Gasteiger partial charge in [-0.2, -0.15) is 16.1 Å². The fourth-order valence-electron chi connectivity index (χ4n) is 2.67. The molecule has 5 rings (SSSR count). The largest absolute Gasteiger partial charge is 0.449 e. The van der Waals surface area contributed by atoms with Gasteiger partial charge in [0.15, 0.2) is 0 Å². The van der Waals surface area contributed by atoms with Crippen LogP contribution in [-0.2, 0) is 6.54 Å². The summed E-state index contributed by atoms with van der Waals surface area (Å²) < 4.78 is 5.59. The summed E-state index contributed by atoms with van der Waals surface area (Å²) in [7, 11) is 0. The van der Waals surface area contributed by atoms with Crippen molar-refractivity contribution in [3.63, 3.8) is 0 Å². The van der Waals surface area contributed by atoms with Crippen molar-refractivity contribution in [2.75, 3.05) is 0 Å². The summed E-state index contributed by atoms with van der Waals surface area (Å²) in [6.45, 7) is 0.210.